The molecule has 228 valence electrons. The molecule has 2 heterocycles. The van der Waals surface area contributed by atoms with Gasteiger partial charge in [0.05, 0.1) is 0 Å². The van der Waals surface area contributed by atoms with Crippen molar-refractivity contribution in [3.8, 4) is 0 Å². The zero-order valence-corrected chi connectivity index (χ0v) is 27.0. The Morgan fingerprint density at radius 1 is 1.10 bits per heavy atom. The Hall–Kier alpha value is -1.31. The van der Waals surface area contributed by atoms with Crippen LogP contribution in [0, 0.1) is 11.3 Å². The van der Waals surface area contributed by atoms with Crippen LogP contribution < -0.4 is 21.7 Å². The van der Waals surface area contributed by atoms with E-state index in [9.17, 15) is 24.3 Å². The molecule has 4 fully saturated rings. The summed E-state index contributed by atoms with van der Waals surface area (Å²) in [5.41, 5.74) is 4.57. The summed E-state index contributed by atoms with van der Waals surface area (Å²) in [4.78, 5) is 54.2. The molecule has 40 heavy (non-hydrogen) atoms. The van der Waals surface area contributed by atoms with Gasteiger partial charge >= 0.3 is 247 Å². The second-order valence-corrected chi connectivity index (χ2v) is 21.5. The minimum absolute atomic E-state index is 0.0635. The predicted molar refractivity (Wildman–Crippen MR) is 163 cm³/mol. The molecule has 4 atom stereocenters. The maximum atomic E-state index is 14.3. The monoisotopic (exact) mass is 675 g/mol. The number of halogens is 1. The third-order valence-corrected chi connectivity index (χ3v) is 18.0. The van der Waals surface area contributed by atoms with Crippen LogP contribution in [0.4, 0.5) is 0 Å². The predicted octanol–water partition coefficient (Wildman–Crippen LogP) is 1.80. The first-order valence-electron chi connectivity index (χ1n) is 14.9. The molecule has 0 aromatic heterocycles. The molecule has 0 radical (unpaired) electrons. The molecule has 10 nitrogen and oxygen atoms in total. The van der Waals surface area contributed by atoms with Crippen molar-refractivity contribution in [2.75, 3.05) is 17.8 Å². The van der Waals surface area contributed by atoms with Gasteiger partial charge in [-0.25, -0.2) is 0 Å². The van der Waals surface area contributed by atoms with Crippen LogP contribution in [0.15, 0.2) is 0 Å². The number of fused-ring (bicyclic) bond motifs is 1. The van der Waals surface area contributed by atoms with E-state index >= 15 is 0 Å². The number of hydrogen-bond acceptors (Lipinski definition) is 7. The third kappa shape index (κ3) is 6.83. The molecular weight excluding hydrogens is 625 g/mol. The van der Waals surface area contributed by atoms with Crippen molar-refractivity contribution in [3.05, 3.63) is 0 Å². The Morgan fingerprint density at radius 2 is 1.75 bits per heavy atom. The second-order valence-electron chi connectivity index (χ2n) is 14.0. The van der Waals surface area contributed by atoms with E-state index in [0.29, 0.717) is 23.6 Å². The van der Waals surface area contributed by atoms with Crippen molar-refractivity contribution in [2.45, 2.75) is 123 Å². The van der Waals surface area contributed by atoms with Crippen LogP contribution in [0.1, 0.15) is 92.4 Å². The Kier molecular flexibility index (Phi) is 9.58. The molecule has 11 heteroatoms. The third-order valence-electron chi connectivity index (χ3n) is 9.30. The molecule has 0 aromatic carbocycles. The Bertz CT molecular complexity index is 988. The van der Waals surface area contributed by atoms with Gasteiger partial charge in [0.2, 0.25) is 0 Å². The van der Waals surface area contributed by atoms with E-state index in [0.717, 1.165) is 44.9 Å². The number of Topliss-reactive ketones (excluding diaryl/α,β-unsaturated/α-hetero) is 1. The summed E-state index contributed by atoms with van der Waals surface area (Å²) in [7, 11) is 0. The van der Waals surface area contributed by atoms with Crippen molar-refractivity contribution >= 4 is 43.3 Å². The van der Waals surface area contributed by atoms with Crippen molar-refractivity contribution in [3.63, 3.8) is 0 Å². The van der Waals surface area contributed by atoms with E-state index in [2.05, 4.69) is 29.8 Å². The average molecular weight is 676 g/mol. The number of amides is 3. The molecule has 2 saturated heterocycles. The summed E-state index contributed by atoms with van der Waals surface area (Å²) in [5, 5.41) is 19.9. The maximum absolute atomic E-state index is 14.3. The van der Waals surface area contributed by atoms with Crippen LogP contribution in [0.25, 0.3) is 0 Å². The topological polar surface area (TPSA) is 154 Å². The molecule has 2 aliphatic carbocycles. The summed E-state index contributed by atoms with van der Waals surface area (Å²) in [6, 6.07) is -2.10. The number of nitrogens with two attached hydrogens (primary N) is 1. The zero-order valence-electron chi connectivity index (χ0n) is 24.9. The summed E-state index contributed by atoms with van der Waals surface area (Å²) < 4.78 is 0.962. The van der Waals surface area contributed by atoms with E-state index in [-0.39, 0.29) is 31.3 Å². The number of ketones is 1. The van der Waals surface area contributed by atoms with Crippen LogP contribution in [-0.2, 0) is 19.2 Å². The number of hydrogen-bond donors (Lipinski definition) is 5. The van der Waals surface area contributed by atoms with Crippen LogP contribution in [0.2, 0.25) is 0 Å². The summed E-state index contributed by atoms with van der Waals surface area (Å²) in [6.45, 7) is 11.0. The number of aliphatic hydroxyl groups is 1. The fourth-order valence-corrected chi connectivity index (χ4v) is 15.2. The van der Waals surface area contributed by atoms with Crippen LogP contribution in [0.3, 0.4) is 0 Å². The quantitative estimate of drug-likeness (QED) is 0.0696. The van der Waals surface area contributed by atoms with E-state index < -0.39 is 55.1 Å². The summed E-state index contributed by atoms with van der Waals surface area (Å²) in [6.07, 6.45) is 8.38. The molecule has 4 rings (SSSR count). The van der Waals surface area contributed by atoms with Crippen molar-refractivity contribution in [1.29, 1.82) is 0 Å². The first-order valence-corrected chi connectivity index (χ1v) is 18.7. The van der Waals surface area contributed by atoms with Crippen LogP contribution in [0.5, 0.6) is 0 Å². The Balaban J connectivity index is 1.51. The number of rotatable bonds is 12. The van der Waals surface area contributed by atoms with Crippen molar-refractivity contribution < 1.29 is 24.3 Å². The number of alkyl halides is 3. The molecule has 6 N–H and O–H groups in total. The fraction of sp³-hybridized carbons (Fsp3) is 0.862. The molecule has 4 aliphatic rings. The molecule has 3 amide bonds. The van der Waals surface area contributed by atoms with E-state index in [1.54, 1.807) is 4.90 Å². The number of nitrogens with one attached hydrogen (secondary N) is 3. The van der Waals surface area contributed by atoms with Gasteiger partial charge in [-0.3, -0.25) is 0 Å². The van der Waals surface area contributed by atoms with Gasteiger partial charge in [-0.05, 0) is 0 Å². The normalized spacial score (nSPS) is 27.8. The average Bonchev–Trinajstić information content (AvgIpc) is 3.64. The van der Waals surface area contributed by atoms with Gasteiger partial charge in [0.1, 0.15) is 0 Å². The van der Waals surface area contributed by atoms with Gasteiger partial charge in [-0.2, -0.15) is 0 Å². The van der Waals surface area contributed by atoms with E-state index in [4.69, 9.17) is 5.73 Å². The molecule has 0 aromatic rings. The first-order chi connectivity index (χ1) is 18.7. The van der Waals surface area contributed by atoms with Gasteiger partial charge in [0.15, 0.2) is 0 Å². The van der Waals surface area contributed by atoms with Crippen molar-refractivity contribution in [2.24, 2.45) is 17.1 Å². The van der Waals surface area contributed by atoms with Crippen molar-refractivity contribution in [1.82, 2.24) is 20.9 Å². The SMILES string of the molecule is CC(C)(C)C(NCNC1(CO)CCCCC1)C(=O)N1CI2C(CC2(C)C)C1C(=O)NC(CC1CC1)C(=O)C(N)=O. The molecule has 4 unspecified atom stereocenters. The molecule has 0 bridgehead atoms. The molecule has 2 saturated carbocycles. The van der Waals surface area contributed by atoms with Crippen LogP contribution >= 0.6 is 19.8 Å². The van der Waals surface area contributed by atoms with E-state index in [1.165, 1.54) is 6.42 Å². The molecule has 2 aliphatic heterocycles. The zero-order chi connectivity index (χ0) is 29.5. The van der Waals surface area contributed by atoms with Gasteiger partial charge in [0.25, 0.3) is 0 Å². The summed E-state index contributed by atoms with van der Waals surface area (Å²) in [5.74, 6) is -1.91. The van der Waals surface area contributed by atoms with Gasteiger partial charge in [-0.15, -0.1) is 0 Å². The summed E-state index contributed by atoms with van der Waals surface area (Å²) >= 11 is -1.69. The van der Waals surface area contributed by atoms with Gasteiger partial charge < -0.3 is 0 Å². The van der Waals surface area contributed by atoms with Gasteiger partial charge in [-0.1, -0.05) is 0 Å². The second kappa shape index (κ2) is 12.1. The first kappa shape index (κ1) is 31.6. The molecular formula is C29H50IN5O5. The van der Waals surface area contributed by atoms with Crippen LogP contribution in [-0.4, -0.2) is 82.3 Å². The number of carbonyl (C=O) groups excluding carboxylic acids is 4. The fourth-order valence-electron chi connectivity index (χ4n) is 6.60. The minimum atomic E-state index is -1.69. The number of carbonyl (C=O) groups is 4. The van der Waals surface area contributed by atoms with E-state index in [1.807, 2.05) is 20.8 Å². The Labute approximate surface area is 246 Å². The standard InChI is InChI=1S/C29H50IN5O5/c1-27(2,3)23(32-17-33-29(15-36)11-7-6-8-12-29)26(40)35-16-30-19(14-28(30,4)5)21(35)25(39)34-20(13-18-9-10-18)22(37)24(31)38/h18-21,23,32-33,36H,6-17H2,1-5H3,(H2,31,38)(H,34,39). The van der Waals surface area contributed by atoms with Gasteiger partial charge in [0, 0.05) is 0 Å². The number of primary amides is 1. The Morgan fingerprint density at radius 3 is 2.27 bits per heavy atom. The number of aliphatic hydroxyl groups excluding tert-OH is 1. The molecule has 0 spiro atoms. The number of nitrogens with zero attached hydrogens (tertiary/aromatic N) is 1.